The van der Waals surface area contributed by atoms with Crippen LogP contribution in [0.1, 0.15) is 5.76 Å². The highest BCUT2D eigenvalue weighted by Crippen LogP contribution is 2.25. The molecule has 0 fully saturated rings. The predicted molar refractivity (Wildman–Crippen MR) is 114 cm³/mol. The van der Waals surface area contributed by atoms with E-state index in [0.717, 1.165) is 23.2 Å². The third-order valence-electron chi connectivity index (χ3n) is 5.05. The Morgan fingerprint density at radius 3 is 2.70 bits per heavy atom. The van der Waals surface area contributed by atoms with Crippen LogP contribution >= 0.6 is 0 Å². The summed E-state index contributed by atoms with van der Waals surface area (Å²) in [5.41, 5.74) is 2.12. The topological polar surface area (TPSA) is 83.3 Å². The molecule has 0 aliphatic carbocycles. The van der Waals surface area contributed by atoms with Crippen molar-refractivity contribution in [3.05, 3.63) is 90.6 Å². The lowest BCUT2D eigenvalue weighted by Crippen LogP contribution is -1.98. The molecule has 0 saturated heterocycles. The van der Waals surface area contributed by atoms with Gasteiger partial charge in [0.2, 0.25) is 5.82 Å². The van der Waals surface area contributed by atoms with Gasteiger partial charge in [-0.25, -0.2) is 27.9 Å². The van der Waals surface area contributed by atoms with E-state index < -0.39 is 11.6 Å². The van der Waals surface area contributed by atoms with Gasteiger partial charge in [-0.15, -0.1) is 5.10 Å². The first-order chi connectivity index (χ1) is 16.2. The van der Waals surface area contributed by atoms with Crippen molar-refractivity contribution in [2.75, 3.05) is 0 Å². The van der Waals surface area contributed by atoms with Crippen LogP contribution in [0.15, 0.2) is 77.6 Å². The molecule has 4 aromatic heterocycles. The molecule has 0 bridgehead atoms. The molecule has 0 radical (unpaired) electrons. The van der Waals surface area contributed by atoms with Gasteiger partial charge in [0.05, 0.1) is 17.3 Å². The highest BCUT2D eigenvalue weighted by atomic mass is 19.1. The number of hydrogen-bond donors (Lipinski definition) is 0. The summed E-state index contributed by atoms with van der Waals surface area (Å²) in [4.78, 5) is 9.08. The van der Waals surface area contributed by atoms with Gasteiger partial charge in [-0.3, -0.25) is 0 Å². The monoisotopic (exact) mass is 444 g/mol. The van der Waals surface area contributed by atoms with Gasteiger partial charge in [0.25, 0.3) is 0 Å². The molecule has 0 atom stereocenters. The molecule has 4 heterocycles. The van der Waals surface area contributed by atoms with E-state index in [-0.39, 0.29) is 12.4 Å². The van der Waals surface area contributed by atoms with Crippen molar-refractivity contribution in [1.29, 1.82) is 0 Å². The molecule has 0 N–H and O–H groups in total. The second-order valence-corrected chi connectivity index (χ2v) is 7.21. The fraction of sp³-hybridized carbons (Fsp3) is 0.0435. The Bertz CT molecular complexity index is 1610. The van der Waals surface area contributed by atoms with Gasteiger partial charge >= 0.3 is 0 Å². The molecule has 2 aromatic carbocycles. The van der Waals surface area contributed by atoms with Crippen molar-refractivity contribution in [3.63, 3.8) is 0 Å². The van der Waals surface area contributed by atoms with Crippen molar-refractivity contribution in [2.24, 2.45) is 0 Å². The molecule has 0 aliphatic heterocycles. The number of furan rings is 1. The lowest BCUT2D eigenvalue weighted by molar-refractivity contribution is 0.259. The first-order valence-electron chi connectivity index (χ1n) is 9.97. The zero-order valence-corrected chi connectivity index (χ0v) is 16.9. The molecular formula is C23H14F2N6O2. The SMILES string of the molecule is Fc1ccc(OCc2ccc(-c3nc4c5cnn(-c6ccccc6)c5ncn4n3)o2)c(F)c1. The van der Waals surface area contributed by atoms with Gasteiger partial charge in [-0.1, -0.05) is 18.2 Å². The van der Waals surface area contributed by atoms with Crippen LogP contribution in [-0.4, -0.2) is 29.4 Å². The van der Waals surface area contributed by atoms with Crippen LogP contribution in [-0.2, 0) is 6.61 Å². The Morgan fingerprint density at radius 1 is 0.970 bits per heavy atom. The van der Waals surface area contributed by atoms with E-state index in [4.69, 9.17) is 9.15 Å². The minimum absolute atomic E-state index is 0.0361. The van der Waals surface area contributed by atoms with Gasteiger partial charge in [0.1, 0.15) is 24.5 Å². The van der Waals surface area contributed by atoms with Crippen molar-refractivity contribution < 1.29 is 17.9 Å². The van der Waals surface area contributed by atoms with Crippen LogP contribution in [0.2, 0.25) is 0 Å². The van der Waals surface area contributed by atoms with E-state index in [9.17, 15) is 8.78 Å². The van der Waals surface area contributed by atoms with E-state index in [1.807, 2.05) is 30.3 Å². The maximum absolute atomic E-state index is 13.7. The molecular weight excluding hydrogens is 430 g/mol. The van der Waals surface area contributed by atoms with Gasteiger partial charge in [0, 0.05) is 6.07 Å². The molecule has 0 aliphatic rings. The standard InChI is InChI=1S/C23H14F2N6O2/c24-14-6-8-19(18(25)10-14)32-12-16-7-9-20(33-16)21-28-23-17-11-27-31(15-4-2-1-3-5-15)22(17)26-13-30(23)29-21/h1-11,13H,12H2. The molecule has 0 unspecified atom stereocenters. The summed E-state index contributed by atoms with van der Waals surface area (Å²) in [6.07, 6.45) is 3.27. The average molecular weight is 444 g/mol. The smallest absolute Gasteiger partial charge is 0.217 e. The number of nitrogens with zero attached hydrogens (tertiary/aromatic N) is 6. The molecule has 162 valence electrons. The fourth-order valence-electron chi connectivity index (χ4n) is 3.50. The third-order valence-corrected chi connectivity index (χ3v) is 5.05. The summed E-state index contributed by atoms with van der Waals surface area (Å²) in [6, 6.07) is 16.2. The van der Waals surface area contributed by atoms with Crippen LogP contribution in [0.25, 0.3) is 34.0 Å². The first-order valence-corrected chi connectivity index (χ1v) is 9.97. The van der Waals surface area contributed by atoms with E-state index in [1.54, 1.807) is 33.9 Å². The lowest BCUT2D eigenvalue weighted by atomic mass is 10.3. The number of benzene rings is 2. The predicted octanol–water partition coefficient (Wildman–Crippen LogP) is 4.58. The van der Waals surface area contributed by atoms with E-state index in [1.165, 1.54) is 6.07 Å². The summed E-state index contributed by atoms with van der Waals surface area (Å²) in [5.74, 6) is -0.305. The van der Waals surface area contributed by atoms with Crippen LogP contribution in [0.4, 0.5) is 8.78 Å². The Morgan fingerprint density at radius 2 is 1.85 bits per heavy atom. The van der Waals surface area contributed by atoms with E-state index in [0.29, 0.717) is 28.6 Å². The normalized spacial score (nSPS) is 11.5. The van der Waals surface area contributed by atoms with E-state index >= 15 is 0 Å². The summed E-state index contributed by atoms with van der Waals surface area (Å²) in [6.45, 7) is -0.0361. The average Bonchev–Trinajstić information content (AvgIpc) is 3.56. The Kier molecular flexibility index (Phi) is 4.35. The lowest BCUT2D eigenvalue weighted by Gasteiger charge is -2.05. The molecule has 6 rings (SSSR count). The van der Waals surface area contributed by atoms with Crippen molar-refractivity contribution in [3.8, 4) is 23.0 Å². The molecule has 0 saturated carbocycles. The quantitative estimate of drug-likeness (QED) is 0.387. The number of rotatable bonds is 5. The zero-order valence-electron chi connectivity index (χ0n) is 16.9. The second kappa shape index (κ2) is 7.52. The Hall–Kier alpha value is -4.60. The van der Waals surface area contributed by atoms with Gasteiger partial charge in [-0.2, -0.15) is 5.10 Å². The summed E-state index contributed by atoms with van der Waals surface area (Å²) in [7, 11) is 0. The largest absolute Gasteiger partial charge is 0.483 e. The number of para-hydroxylation sites is 1. The van der Waals surface area contributed by atoms with Crippen LogP contribution in [0.5, 0.6) is 5.75 Å². The molecule has 8 nitrogen and oxygen atoms in total. The van der Waals surface area contributed by atoms with Crippen LogP contribution in [0.3, 0.4) is 0 Å². The number of halogens is 2. The molecule has 10 heteroatoms. The maximum atomic E-state index is 13.7. The van der Waals surface area contributed by atoms with Gasteiger partial charge in [0.15, 0.2) is 28.6 Å². The highest BCUT2D eigenvalue weighted by molar-refractivity contribution is 5.89. The number of aromatic nitrogens is 6. The summed E-state index contributed by atoms with van der Waals surface area (Å²) < 4.78 is 41.2. The van der Waals surface area contributed by atoms with Crippen LogP contribution < -0.4 is 4.74 Å². The number of fused-ring (bicyclic) bond motifs is 3. The summed E-state index contributed by atoms with van der Waals surface area (Å²) >= 11 is 0. The molecule has 33 heavy (non-hydrogen) atoms. The first kappa shape index (κ1) is 19.1. The Balaban J connectivity index is 1.29. The Labute approximate surface area is 184 Å². The van der Waals surface area contributed by atoms with Crippen LogP contribution in [0, 0.1) is 11.6 Å². The van der Waals surface area contributed by atoms with Crippen molar-refractivity contribution in [2.45, 2.75) is 6.61 Å². The fourth-order valence-corrected chi connectivity index (χ4v) is 3.50. The van der Waals surface area contributed by atoms with Gasteiger partial charge in [-0.05, 0) is 36.4 Å². The number of ether oxygens (including phenoxy) is 1. The molecule has 0 amide bonds. The van der Waals surface area contributed by atoms with Crippen molar-refractivity contribution >= 4 is 16.7 Å². The minimum Gasteiger partial charge on any atom is -0.483 e. The van der Waals surface area contributed by atoms with E-state index in [2.05, 4.69) is 20.2 Å². The highest BCUT2D eigenvalue weighted by Gasteiger charge is 2.16. The second-order valence-electron chi connectivity index (χ2n) is 7.21. The molecule has 0 spiro atoms. The van der Waals surface area contributed by atoms with Gasteiger partial charge < -0.3 is 9.15 Å². The van der Waals surface area contributed by atoms with Crippen molar-refractivity contribution in [1.82, 2.24) is 29.4 Å². The zero-order chi connectivity index (χ0) is 22.4. The number of hydrogen-bond acceptors (Lipinski definition) is 6. The molecule has 6 aromatic rings. The maximum Gasteiger partial charge on any atom is 0.217 e. The third kappa shape index (κ3) is 3.37. The minimum atomic E-state index is -0.781. The summed E-state index contributed by atoms with van der Waals surface area (Å²) in [5, 5.41) is 9.62.